The van der Waals surface area contributed by atoms with Crippen molar-refractivity contribution in [1.82, 2.24) is 9.55 Å². The van der Waals surface area contributed by atoms with Crippen LogP contribution in [0.25, 0.3) is 0 Å². The lowest BCUT2D eigenvalue weighted by molar-refractivity contribution is -0.140. The number of aromatic nitrogens is 2. The third-order valence-corrected chi connectivity index (χ3v) is 3.88. The first-order valence-corrected chi connectivity index (χ1v) is 7.32. The molecule has 1 aromatic heterocycles. The molecule has 1 heterocycles. The highest BCUT2D eigenvalue weighted by atomic mass is 35.5. The number of halogens is 5. The Morgan fingerprint density at radius 1 is 1.43 bits per heavy atom. The second kappa shape index (κ2) is 6.52. The summed E-state index contributed by atoms with van der Waals surface area (Å²) < 4.78 is 53.4. The standard InChI is InChI=1S/C14H11ClF4N2OS/c1-2-10(21-11(12(15)22)6-20-13(21)23)7-3-4-9(16)8(5-7)14(17,18)19/h3-6,10H,2H2,1H3,(H,20,23). The summed E-state index contributed by atoms with van der Waals surface area (Å²) in [6.07, 6.45) is -3.30. The molecule has 0 spiro atoms. The summed E-state index contributed by atoms with van der Waals surface area (Å²) in [5.41, 5.74) is -1.19. The molecule has 124 valence electrons. The van der Waals surface area contributed by atoms with Gasteiger partial charge in [0.05, 0.1) is 17.8 Å². The van der Waals surface area contributed by atoms with Gasteiger partial charge in [0.15, 0.2) is 5.16 Å². The van der Waals surface area contributed by atoms with Crippen LogP contribution in [0.15, 0.2) is 29.6 Å². The first-order valence-electron chi connectivity index (χ1n) is 6.49. The zero-order chi connectivity index (χ0) is 17.4. The molecular formula is C14H11ClF4N2OS. The summed E-state index contributed by atoms with van der Waals surface area (Å²) in [7, 11) is 0. The zero-order valence-electron chi connectivity index (χ0n) is 11.7. The number of rotatable bonds is 4. The summed E-state index contributed by atoms with van der Waals surface area (Å²) in [5.74, 6) is -1.36. The minimum absolute atomic E-state index is 0.00130. The Hall–Kier alpha value is -1.54. The molecule has 0 aliphatic heterocycles. The van der Waals surface area contributed by atoms with Crippen molar-refractivity contribution in [3.8, 4) is 0 Å². The predicted octanol–water partition coefficient (Wildman–Crippen LogP) is 4.71. The van der Waals surface area contributed by atoms with Crippen LogP contribution >= 0.6 is 24.2 Å². The molecule has 3 nitrogen and oxygen atoms in total. The Morgan fingerprint density at radius 2 is 2.09 bits per heavy atom. The average molecular weight is 367 g/mol. The smallest absolute Gasteiger partial charge is 0.308 e. The molecular weight excluding hydrogens is 356 g/mol. The average Bonchev–Trinajstić information content (AvgIpc) is 2.82. The van der Waals surface area contributed by atoms with Crippen molar-refractivity contribution in [2.45, 2.75) is 30.7 Å². The minimum Gasteiger partial charge on any atom is -0.308 e. The number of imidazole rings is 1. The van der Waals surface area contributed by atoms with Gasteiger partial charge in [0, 0.05) is 0 Å². The van der Waals surface area contributed by atoms with E-state index in [0.717, 1.165) is 12.1 Å². The fraction of sp³-hybridized carbons (Fsp3) is 0.286. The molecule has 1 atom stereocenters. The maximum Gasteiger partial charge on any atom is 0.419 e. The van der Waals surface area contributed by atoms with Crippen LogP contribution in [0.5, 0.6) is 0 Å². The van der Waals surface area contributed by atoms with Crippen molar-refractivity contribution in [3.63, 3.8) is 0 Å². The van der Waals surface area contributed by atoms with Crippen LogP contribution in [0, 0.1) is 5.82 Å². The number of hydrogen-bond donors (Lipinski definition) is 1. The van der Waals surface area contributed by atoms with Crippen LogP contribution < -0.4 is 0 Å². The van der Waals surface area contributed by atoms with Gasteiger partial charge >= 0.3 is 6.18 Å². The van der Waals surface area contributed by atoms with Crippen molar-refractivity contribution in [2.75, 3.05) is 0 Å². The minimum atomic E-state index is -4.82. The molecule has 0 N–H and O–H groups in total. The van der Waals surface area contributed by atoms with Gasteiger partial charge in [-0.15, -0.1) is 12.6 Å². The molecule has 0 aliphatic rings. The maximum absolute atomic E-state index is 13.4. The van der Waals surface area contributed by atoms with Gasteiger partial charge in [-0.2, -0.15) is 13.2 Å². The molecule has 9 heteroatoms. The van der Waals surface area contributed by atoms with E-state index in [4.69, 9.17) is 11.6 Å². The number of carbonyl (C=O) groups excluding carboxylic acids is 1. The summed E-state index contributed by atoms with van der Waals surface area (Å²) >= 11 is 9.57. The molecule has 2 aromatic rings. The van der Waals surface area contributed by atoms with E-state index < -0.39 is 28.8 Å². The van der Waals surface area contributed by atoms with Crippen LogP contribution in [0.3, 0.4) is 0 Å². The molecule has 0 fully saturated rings. The maximum atomic E-state index is 13.4. The lowest BCUT2D eigenvalue weighted by atomic mass is 10.0. The van der Waals surface area contributed by atoms with Gasteiger partial charge in [-0.1, -0.05) is 13.0 Å². The van der Waals surface area contributed by atoms with E-state index in [1.165, 1.54) is 16.8 Å². The van der Waals surface area contributed by atoms with E-state index in [9.17, 15) is 22.4 Å². The van der Waals surface area contributed by atoms with Gasteiger partial charge < -0.3 is 4.57 Å². The second-order valence-corrected chi connectivity index (χ2v) is 5.49. The number of thiol groups is 1. The lowest BCUT2D eigenvalue weighted by Crippen LogP contribution is -2.16. The summed E-state index contributed by atoms with van der Waals surface area (Å²) in [5, 5.41) is -0.687. The van der Waals surface area contributed by atoms with Crippen LogP contribution in [0.2, 0.25) is 0 Å². The topological polar surface area (TPSA) is 34.9 Å². The van der Waals surface area contributed by atoms with Crippen LogP contribution in [0.1, 0.15) is 41.0 Å². The Labute approximate surface area is 139 Å². The van der Waals surface area contributed by atoms with Gasteiger partial charge in [-0.3, -0.25) is 4.79 Å². The number of hydrogen-bond acceptors (Lipinski definition) is 3. The largest absolute Gasteiger partial charge is 0.419 e. The van der Waals surface area contributed by atoms with Gasteiger partial charge in [0.1, 0.15) is 11.5 Å². The zero-order valence-corrected chi connectivity index (χ0v) is 13.4. The van der Waals surface area contributed by atoms with Gasteiger partial charge in [0.2, 0.25) is 0 Å². The highest BCUT2D eigenvalue weighted by Gasteiger charge is 2.35. The van der Waals surface area contributed by atoms with Crippen LogP contribution in [0.4, 0.5) is 17.6 Å². The number of benzene rings is 1. The Kier molecular flexibility index (Phi) is 5.05. The van der Waals surface area contributed by atoms with E-state index in [2.05, 4.69) is 17.6 Å². The van der Waals surface area contributed by atoms with Gasteiger partial charge in [0.25, 0.3) is 5.24 Å². The molecule has 1 aromatic carbocycles. The fourth-order valence-electron chi connectivity index (χ4n) is 2.34. The van der Waals surface area contributed by atoms with Crippen molar-refractivity contribution < 1.29 is 22.4 Å². The third kappa shape index (κ3) is 3.53. The summed E-state index contributed by atoms with van der Waals surface area (Å²) in [6, 6.07) is 2.01. The molecule has 0 bridgehead atoms. The van der Waals surface area contributed by atoms with E-state index in [1.807, 2.05) is 0 Å². The molecule has 0 saturated heterocycles. The van der Waals surface area contributed by atoms with E-state index >= 15 is 0 Å². The first-order chi connectivity index (χ1) is 10.7. The van der Waals surface area contributed by atoms with E-state index in [1.54, 1.807) is 6.92 Å². The molecule has 0 saturated carbocycles. The number of carbonyl (C=O) groups is 1. The normalized spacial score (nSPS) is 13.2. The number of alkyl halides is 3. The molecule has 2 rings (SSSR count). The van der Waals surface area contributed by atoms with E-state index in [-0.39, 0.29) is 16.4 Å². The first kappa shape index (κ1) is 17.8. The SMILES string of the molecule is CCC(c1ccc(F)c(C(F)(F)F)c1)n1c(C(=O)Cl)cnc1S. The van der Waals surface area contributed by atoms with Crippen molar-refractivity contribution in [2.24, 2.45) is 0 Å². The fourth-order valence-corrected chi connectivity index (χ4v) is 2.78. The molecule has 0 radical (unpaired) electrons. The molecule has 0 aliphatic carbocycles. The Balaban J connectivity index is 2.60. The molecule has 1 unspecified atom stereocenters. The van der Waals surface area contributed by atoms with Crippen LogP contribution in [-0.4, -0.2) is 14.8 Å². The third-order valence-electron chi connectivity index (χ3n) is 3.36. The second-order valence-electron chi connectivity index (χ2n) is 4.75. The highest BCUT2D eigenvalue weighted by molar-refractivity contribution is 7.80. The van der Waals surface area contributed by atoms with Gasteiger partial charge in [-0.05, 0) is 35.7 Å². The lowest BCUT2D eigenvalue weighted by Gasteiger charge is -2.21. The summed E-state index contributed by atoms with van der Waals surface area (Å²) in [6.45, 7) is 1.71. The highest BCUT2D eigenvalue weighted by Crippen LogP contribution is 2.35. The molecule has 0 amide bonds. The van der Waals surface area contributed by atoms with Crippen molar-refractivity contribution in [1.29, 1.82) is 0 Å². The monoisotopic (exact) mass is 366 g/mol. The van der Waals surface area contributed by atoms with E-state index in [0.29, 0.717) is 6.42 Å². The number of nitrogens with zero attached hydrogens (tertiary/aromatic N) is 2. The predicted molar refractivity (Wildman–Crippen MR) is 79.5 cm³/mol. The van der Waals surface area contributed by atoms with Crippen molar-refractivity contribution in [3.05, 3.63) is 47.0 Å². The summed E-state index contributed by atoms with van der Waals surface area (Å²) in [4.78, 5) is 15.3. The van der Waals surface area contributed by atoms with Gasteiger partial charge in [-0.25, -0.2) is 9.37 Å². The quantitative estimate of drug-likeness (QED) is 0.483. The van der Waals surface area contributed by atoms with Crippen LogP contribution in [-0.2, 0) is 6.18 Å². The Morgan fingerprint density at radius 3 is 2.61 bits per heavy atom. The molecule has 23 heavy (non-hydrogen) atoms. The Bertz CT molecular complexity index is 745. The van der Waals surface area contributed by atoms with Crippen molar-refractivity contribution >= 4 is 29.5 Å².